The van der Waals surface area contributed by atoms with Gasteiger partial charge in [-0.25, -0.2) is 9.97 Å². The number of carbonyl (C=O) groups excluding carboxylic acids is 1. The lowest BCUT2D eigenvalue weighted by molar-refractivity contribution is 0.102. The Bertz CT molecular complexity index is 807. The number of nitrogens with zero attached hydrogens (tertiary/aromatic N) is 3. The van der Waals surface area contributed by atoms with E-state index in [-0.39, 0.29) is 34.5 Å². The summed E-state index contributed by atoms with van der Waals surface area (Å²) in [5, 5.41) is 0.478. The fraction of sp³-hybridized carbons (Fsp3) is 0.154. The van der Waals surface area contributed by atoms with Gasteiger partial charge in [0.05, 0.1) is 12.6 Å². The van der Waals surface area contributed by atoms with Crippen molar-refractivity contribution in [3.05, 3.63) is 41.7 Å². The van der Waals surface area contributed by atoms with Crippen LogP contribution in [0.15, 0.2) is 30.6 Å². The highest BCUT2D eigenvalue weighted by Gasteiger charge is 2.25. The molecule has 0 saturated heterocycles. The van der Waals surface area contributed by atoms with Crippen LogP contribution in [0.3, 0.4) is 0 Å². The Morgan fingerprint density at radius 1 is 1.44 bits per heavy atom. The first-order chi connectivity index (χ1) is 10.7. The van der Waals surface area contributed by atoms with Crippen LogP contribution in [0.1, 0.15) is 21.4 Å². The molecule has 5 nitrogen and oxygen atoms in total. The molecule has 0 radical (unpaired) electrons. The second-order valence-electron chi connectivity index (χ2n) is 3.79. The van der Waals surface area contributed by atoms with Crippen molar-refractivity contribution < 1.29 is 11.7 Å². The molecule has 3 heterocycles. The van der Waals surface area contributed by atoms with Crippen molar-refractivity contribution in [2.75, 3.05) is 17.3 Å². The maximum absolute atomic E-state index is 12.6. The molecule has 0 atom stereocenters. The first-order valence-corrected chi connectivity index (χ1v) is 5.25. The average molecular weight is 245 g/mol. The summed E-state index contributed by atoms with van der Waals surface area (Å²) in [6.45, 7) is -2.51. The van der Waals surface area contributed by atoms with Crippen LogP contribution in [-0.2, 0) is 0 Å². The molecular weight excluding hydrogens is 228 g/mol. The quantitative estimate of drug-likeness (QED) is 0.772. The van der Waals surface area contributed by atoms with E-state index in [4.69, 9.17) is 6.89 Å². The van der Waals surface area contributed by atoms with Crippen LogP contribution in [0.4, 0.5) is 17.3 Å². The molecule has 5 heteroatoms. The third-order valence-electron chi connectivity index (χ3n) is 2.69. The van der Waals surface area contributed by atoms with Gasteiger partial charge < -0.3 is 10.2 Å². The van der Waals surface area contributed by atoms with Crippen LogP contribution in [0.25, 0.3) is 0 Å². The topological polar surface area (TPSA) is 58.1 Å². The fourth-order valence-electron chi connectivity index (χ4n) is 1.83. The number of fused-ring (bicyclic) bond motifs is 2. The molecule has 90 valence electrons. The predicted molar refractivity (Wildman–Crippen MR) is 69.2 cm³/mol. The lowest BCUT2D eigenvalue weighted by Crippen LogP contribution is -2.14. The van der Waals surface area contributed by atoms with Crippen LogP contribution < -0.4 is 10.2 Å². The summed E-state index contributed by atoms with van der Waals surface area (Å²) in [6, 6.07) is 2.51. The average Bonchev–Trinajstić information content (AvgIpc) is 2.57. The predicted octanol–water partition coefficient (Wildman–Crippen LogP) is 2.12. The Labute approximate surface area is 112 Å². The summed E-state index contributed by atoms with van der Waals surface area (Å²) in [4.78, 5) is 22.2. The monoisotopic (exact) mass is 245 g/mol. The number of pyridine rings is 2. The summed E-state index contributed by atoms with van der Waals surface area (Å²) in [7, 11) is 1.56. The molecular formula is C13H12N4O. The molecule has 1 aliphatic heterocycles. The van der Waals surface area contributed by atoms with E-state index in [0.29, 0.717) is 5.31 Å². The highest BCUT2D eigenvalue weighted by atomic mass is 16.1. The molecule has 1 amide bonds. The number of anilines is 3. The maximum Gasteiger partial charge on any atom is 0.259 e. The van der Waals surface area contributed by atoms with Gasteiger partial charge >= 0.3 is 0 Å². The van der Waals surface area contributed by atoms with Gasteiger partial charge in [-0.1, -0.05) is 0 Å². The second-order valence-corrected chi connectivity index (χ2v) is 3.79. The number of hydrogen-bond donors (Lipinski definition) is 1. The second kappa shape index (κ2) is 3.80. The Hall–Kier alpha value is -2.43. The highest BCUT2D eigenvalue weighted by molar-refractivity contribution is 6.11. The summed E-state index contributed by atoms with van der Waals surface area (Å²) in [5.74, 6) is -0.533. The van der Waals surface area contributed by atoms with Crippen molar-refractivity contribution >= 4 is 23.2 Å². The molecule has 0 spiro atoms. The number of carbonyl (C=O) groups is 1. The molecule has 2 aromatic rings. The molecule has 0 bridgehead atoms. The van der Waals surface area contributed by atoms with E-state index in [0.717, 1.165) is 0 Å². The highest BCUT2D eigenvalue weighted by Crippen LogP contribution is 2.35. The minimum absolute atomic E-state index is 0.0699. The SMILES string of the molecule is [2H]c1ccnc2c1C(=O)N([2H])c1c(C([2H])([2H])[2H])ccnc1N2C. The standard InChI is InChI=1S/C13H12N4O/c1-8-5-7-15-12-10(8)16-13(18)9-4-3-6-14-11(9)17(12)2/h3-7H,1-2H3,(H,16,18)/i1D3,4D/hD. The zero-order valence-electron chi connectivity index (χ0n) is 14.5. The normalized spacial score (nSPS) is 18.7. The van der Waals surface area contributed by atoms with E-state index in [1.165, 1.54) is 29.4 Å². The molecule has 0 unspecified atom stereocenters. The van der Waals surface area contributed by atoms with Crippen molar-refractivity contribution in [2.24, 2.45) is 0 Å². The Kier molecular flexibility index (Phi) is 1.37. The van der Waals surface area contributed by atoms with Gasteiger partial charge in [-0.2, -0.15) is 0 Å². The third kappa shape index (κ3) is 1.44. The molecule has 2 aromatic heterocycles. The van der Waals surface area contributed by atoms with Crippen molar-refractivity contribution in [2.45, 2.75) is 6.85 Å². The van der Waals surface area contributed by atoms with E-state index in [1.54, 1.807) is 7.05 Å². The number of nitrogens with one attached hydrogen (secondary N) is 1. The van der Waals surface area contributed by atoms with Crippen molar-refractivity contribution in [1.82, 2.24) is 9.97 Å². The molecule has 18 heavy (non-hydrogen) atoms. The first-order valence-electron chi connectivity index (χ1n) is 7.70. The van der Waals surface area contributed by atoms with E-state index in [1.807, 2.05) is 0 Å². The Morgan fingerprint density at radius 2 is 2.28 bits per heavy atom. The van der Waals surface area contributed by atoms with Gasteiger partial charge in [0.25, 0.3) is 5.91 Å². The van der Waals surface area contributed by atoms with Gasteiger partial charge in [0.15, 0.2) is 7.23 Å². The van der Waals surface area contributed by atoms with Gasteiger partial charge in [0, 0.05) is 23.6 Å². The van der Waals surface area contributed by atoms with Gasteiger partial charge in [0.2, 0.25) is 0 Å². The van der Waals surface area contributed by atoms with Crippen LogP contribution >= 0.6 is 0 Å². The Balaban J connectivity index is 2.36. The molecule has 1 N–H and O–H groups in total. The fourth-order valence-corrected chi connectivity index (χ4v) is 1.83. The zero-order chi connectivity index (χ0) is 16.9. The zero-order valence-corrected chi connectivity index (χ0v) is 9.51. The first kappa shape index (κ1) is 6.49. The van der Waals surface area contributed by atoms with Crippen LogP contribution in [0.5, 0.6) is 0 Å². The smallest absolute Gasteiger partial charge is 0.259 e. The van der Waals surface area contributed by atoms with E-state index in [9.17, 15) is 4.79 Å². The van der Waals surface area contributed by atoms with E-state index in [2.05, 4.69) is 9.97 Å². The van der Waals surface area contributed by atoms with E-state index < -0.39 is 12.8 Å². The third-order valence-corrected chi connectivity index (χ3v) is 2.69. The lowest BCUT2D eigenvalue weighted by atomic mass is 10.2. The summed E-state index contributed by atoms with van der Waals surface area (Å²) >= 11 is 0. The number of hydrogen-bond acceptors (Lipinski definition) is 4. The summed E-state index contributed by atoms with van der Waals surface area (Å²) < 4.78 is 38.9. The number of rotatable bonds is 0. The van der Waals surface area contributed by atoms with Gasteiger partial charge in [-0.3, -0.25) is 4.79 Å². The van der Waals surface area contributed by atoms with Crippen molar-refractivity contribution in [1.29, 1.82) is 0 Å². The summed E-state index contributed by atoms with van der Waals surface area (Å²) in [5.41, 5.74) is -0.353. The maximum atomic E-state index is 12.6. The van der Waals surface area contributed by atoms with E-state index >= 15 is 0 Å². The molecule has 0 saturated carbocycles. The van der Waals surface area contributed by atoms with Gasteiger partial charge in [0.1, 0.15) is 5.82 Å². The molecule has 0 fully saturated rings. The largest absolute Gasteiger partial charge is 0.318 e. The van der Waals surface area contributed by atoms with Crippen molar-refractivity contribution in [3.63, 3.8) is 0 Å². The number of amides is 1. The number of aryl methyl sites for hydroxylation is 1. The number of aromatic nitrogens is 2. The minimum Gasteiger partial charge on any atom is -0.318 e. The Morgan fingerprint density at radius 3 is 3.11 bits per heavy atom. The molecule has 1 aliphatic rings. The minimum atomic E-state index is -2.51. The van der Waals surface area contributed by atoms with Crippen molar-refractivity contribution in [3.8, 4) is 0 Å². The van der Waals surface area contributed by atoms with Crippen LogP contribution in [0.2, 0.25) is 1.41 Å². The lowest BCUT2D eigenvalue weighted by Gasteiger charge is -2.18. The summed E-state index contributed by atoms with van der Waals surface area (Å²) in [6.07, 6.45) is 2.68. The molecule has 0 aromatic carbocycles. The molecule has 0 aliphatic carbocycles. The van der Waals surface area contributed by atoms with Crippen LogP contribution in [-0.4, -0.2) is 22.9 Å². The van der Waals surface area contributed by atoms with Gasteiger partial charge in [-0.05, 0) is 30.6 Å². The molecule has 3 rings (SSSR count). The van der Waals surface area contributed by atoms with Gasteiger partial charge in [-0.15, -0.1) is 0 Å². The van der Waals surface area contributed by atoms with Crippen LogP contribution in [0, 0.1) is 6.85 Å².